The Labute approximate surface area is 154 Å². The number of rotatable bonds is 5. The number of thiocarbonyl (C=S) groups is 1. The molecule has 2 N–H and O–H groups in total. The van der Waals surface area contributed by atoms with Crippen LogP contribution in [0, 0.1) is 17.3 Å². The van der Waals surface area contributed by atoms with Crippen molar-refractivity contribution < 1.29 is 4.74 Å². The molecular formula is C22H23NOS. The number of hydrogen-bond acceptors (Lipinski definition) is 2. The summed E-state index contributed by atoms with van der Waals surface area (Å²) in [7, 11) is 0. The number of benzene rings is 2. The summed E-state index contributed by atoms with van der Waals surface area (Å²) in [5.74, 6) is 1.00. The first kappa shape index (κ1) is 15.5. The van der Waals surface area contributed by atoms with Gasteiger partial charge in [-0.1, -0.05) is 72.9 Å². The van der Waals surface area contributed by atoms with Crippen LogP contribution in [0.3, 0.4) is 0 Å². The van der Waals surface area contributed by atoms with Crippen LogP contribution >= 0.6 is 12.2 Å². The molecule has 4 fully saturated rings. The van der Waals surface area contributed by atoms with Crippen LogP contribution in [0.4, 0.5) is 0 Å². The van der Waals surface area contributed by atoms with Gasteiger partial charge in [0, 0.05) is 10.8 Å². The predicted molar refractivity (Wildman–Crippen MR) is 103 cm³/mol. The number of ether oxygens (including phenoxy) is 1. The number of nitrogens with two attached hydrogens (primary N) is 1. The van der Waals surface area contributed by atoms with Crippen LogP contribution in [0.2, 0.25) is 0 Å². The molecule has 0 saturated heterocycles. The Kier molecular flexibility index (Phi) is 3.35. The molecule has 5 atom stereocenters. The van der Waals surface area contributed by atoms with Crippen LogP contribution in [-0.4, -0.2) is 11.1 Å². The Balaban J connectivity index is 1.47. The van der Waals surface area contributed by atoms with Gasteiger partial charge in [0.2, 0.25) is 0 Å². The second-order valence-electron chi connectivity index (χ2n) is 8.10. The zero-order chi connectivity index (χ0) is 17.1. The van der Waals surface area contributed by atoms with Gasteiger partial charge < -0.3 is 10.5 Å². The van der Waals surface area contributed by atoms with Gasteiger partial charge in [0.1, 0.15) is 0 Å². The van der Waals surface area contributed by atoms with E-state index in [2.05, 4.69) is 54.6 Å². The van der Waals surface area contributed by atoms with E-state index >= 15 is 0 Å². The molecule has 0 heterocycles. The molecule has 0 aliphatic heterocycles. The van der Waals surface area contributed by atoms with Crippen molar-refractivity contribution in [1.29, 1.82) is 0 Å². The summed E-state index contributed by atoms with van der Waals surface area (Å²) < 4.78 is 6.48. The first-order valence-corrected chi connectivity index (χ1v) is 9.58. The van der Waals surface area contributed by atoms with Gasteiger partial charge in [-0.25, -0.2) is 0 Å². The van der Waals surface area contributed by atoms with Crippen LogP contribution < -0.4 is 5.73 Å². The van der Waals surface area contributed by atoms with E-state index in [1.54, 1.807) is 0 Å². The fourth-order valence-electron chi connectivity index (χ4n) is 6.16. The second-order valence-corrected chi connectivity index (χ2v) is 8.54. The number of hydrogen-bond donors (Lipinski definition) is 1. The molecule has 4 bridgehead atoms. The highest BCUT2D eigenvalue weighted by Gasteiger charge is 2.76. The van der Waals surface area contributed by atoms with Gasteiger partial charge in [-0.05, 0) is 42.2 Å². The third kappa shape index (κ3) is 2.03. The summed E-state index contributed by atoms with van der Waals surface area (Å²) >= 11 is 5.55. The lowest BCUT2D eigenvalue weighted by atomic mass is 9.74. The average molecular weight is 349 g/mol. The summed E-state index contributed by atoms with van der Waals surface area (Å²) in [6.07, 6.45) is 3.65. The fraction of sp³-hybridized carbons (Fsp3) is 0.409. The van der Waals surface area contributed by atoms with E-state index in [1.165, 1.54) is 17.5 Å². The average Bonchev–Trinajstić information content (AvgIpc) is 3.34. The Morgan fingerprint density at radius 1 is 1.00 bits per heavy atom. The van der Waals surface area contributed by atoms with E-state index < -0.39 is 0 Å². The largest absolute Gasteiger partial charge is 0.393 e. The van der Waals surface area contributed by atoms with Gasteiger partial charge in [0.15, 0.2) is 0 Å². The topological polar surface area (TPSA) is 35.2 Å². The van der Waals surface area contributed by atoms with Gasteiger partial charge in [-0.15, -0.1) is 0 Å². The maximum absolute atomic E-state index is 6.48. The normalized spacial score (nSPS) is 37.7. The van der Waals surface area contributed by atoms with E-state index in [4.69, 9.17) is 22.7 Å². The molecular weight excluding hydrogens is 326 g/mol. The lowest BCUT2D eigenvalue weighted by molar-refractivity contribution is -0.0111. The standard InChI is InChI=1S/C22H23NOS/c23-20(25)22-12-17-19(24-13-15-7-3-1-4-8-15)18(22)11-21(17,14-22)16-9-5-2-6-10-16/h1-10,17-19H,11-14H2,(H2,23,25). The van der Waals surface area contributed by atoms with Gasteiger partial charge in [-0.3, -0.25) is 0 Å². The van der Waals surface area contributed by atoms with Gasteiger partial charge >= 0.3 is 0 Å². The van der Waals surface area contributed by atoms with Crippen LogP contribution in [0.15, 0.2) is 60.7 Å². The van der Waals surface area contributed by atoms with Gasteiger partial charge in [-0.2, -0.15) is 0 Å². The van der Waals surface area contributed by atoms with E-state index in [1.807, 2.05) is 6.07 Å². The SMILES string of the molecule is NC(=S)C12CC3C(OCc4ccccc4)C1CC3(c1ccccc1)C2. The Morgan fingerprint density at radius 2 is 1.68 bits per heavy atom. The van der Waals surface area contributed by atoms with E-state index in [0.29, 0.717) is 23.4 Å². The van der Waals surface area contributed by atoms with E-state index in [0.717, 1.165) is 12.8 Å². The van der Waals surface area contributed by atoms with Crippen molar-refractivity contribution in [3.63, 3.8) is 0 Å². The van der Waals surface area contributed by atoms with Crippen LogP contribution in [-0.2, 0) is 16.8 Å². The summed E-state index contributed by atoms with van der Waals surface area (Å²) in [6.45, 7) is 0.677. The minimum Gasteiger partial charge on any atom is -0.393 e. The van der Waals surface area contributed by atoms with Crippen molar-refractivity contribution in [1.82, 2.24) is 0 Å². The van der Waals surface area contributed by atoms with Crippen molar-refractivity contribution in [3.8, 4) is 0 Å². The highest BCUT2D eigenvalue weighted by Crippen LogP contribution is 2.76. The van der Waals surface area contributed by atoms with Gasteiger partial charge in [0.05, 0.1) is 17.7 Å². The van der Waals surface area contributed by atoms with Crippen molar-refractivity contribution in [2.45, 2.75) is 37.4 Å². The molecule has 0 spiro atoms. The highest BCUT2D eigenvalue weighted by atomic mass is 32.1. The van der Waals surface area contributed by atoms with E-state index in [9.17, 15) is 0 Å². The minimum absolute atomic E-state index is 0.0111. The van der Waals surface area contributed by atoms with Gasteiger partial charge in [0.25, 0.3) is 0 Å². The zero-order valence-electron chi connectivity index (χ0n) is 14.2. The first-order chi connectivity index (χ1) is 12.2. The quantitative estimate of drug-likeness (QED) is 0.821. The molecule has 0 amide bonds. The molecule has 0 aromatic heterocycles. The van der Waals surface area contributed by atoms with Crippen molar-refractivity contribution in [3.05, 3.63) is 71.8 Å². The predicted octanol–water partition coefficient (Wildman–Crippen LogP) is 4.23. The third-order valence-electron chi connectivity index (χ3n) is 7.14. The summed E-state index contributed by atoms with van der Waals surface area (Å²) in [4.78, 5) is 0.712. The molecule has 4 saturated carbocycles. The lowest BCUT2D eigenvalue weighted by Crippen LogP contribution is -2.40. The van der Waals surface area contributed by atoms with Crippen molar-refractivity contribution >= 4 is 17.2 Å². The lowest BCUT2D eigenvalue weighted by Gasteiger charge is -2.34. The zero-order valence-corrected chi connectivity index (χ0v) is 15.0. The molecule has 5 unspecified atom stereocenters. The van der Waals surface area contributed by atoms with Crippen LogP contribution in [0.5, 0.6) is 0 Å². The Hall–Kier alpha value is -1.71. The Bertz CT molecular complexity index is 807. The second kappa shape index (κ2) is 5.39. The third-order valence-corrected chi connectivity index (χ3v) is 7.54. The molecule has 128 valence electrons. The molecule has 4 aliphatic carbocycles. The molecule has 2 nitrogen and oxygen atoms in total. The summed E-state index contributed by atoms with van der Waals surface area (Å²) in [5.41, 5.74) is 9.17. The molecule has 2 aromatic carbocycles. The van der Waals surface area contributed by atoms with Crippen LogP contribution in [0.1, 0.15) is 30.4 Å². The molecule has 2 aromatic rings. The van der Waals surface area contributed by atoms with E-state index in [-0.39, 0.29) is 16.9 Å². The van der Waals surface area contributed by atoms with Crippen molar-refractivity contribution in [2.75, 3.05) is 0 Å². The monoisotopic (exact) mass is 349 g/mol. The molecule has 3 heteroatoms. The maximum Gasteiger partial charge on any atom is 0.0794 e. The molecule has 6 rings (SSSR count). The first-order valence-electron chi connectivity index (χ1n) is 9.17. The van der Waals surface area contributed by atoms with Crippen molar-refractivity contribution in [2.24, 2.45) is 23.0 Å². The molecule has 0 radical (unpaired) electrons. The maximum atomic E-state index is 6.48. The summed E-state index contributed by atoms with van der Waals surface area (Å²) in [6, 6.07) is 21.4. The van der Waals surface area contributed by atoms with Crippen LogP contribution in [0.25, 0.3) is 0 Å². The minimum atomic E-state index is 0.0111. The highest BCUT2D eigenvalue weighted by molar-refractivity contribution is 7.80. The molecule has 4 aliphatic rings. The summed E-state index contributed by atoms with van der Waals surface area (Å²) in [5, 5.41) is 0. The molecule has 25 heavy (non-hydrogen) atoms. The smallest absolute Gasteiger partial charge is 0.0794 e. The fourth-order valence-corrected chi connectivity index (χ4v) is 6.47. The Morgan fingerprint density at radius 3 is 2.32 bits per heavy atom.